The van der Waals surface area contributed by atoms with Crippen molar-refractivity contribution in [2.45, 2.75) is 50.8 Å². The van der Waals surface area contributed by atoms with E-state index in [1.165, 1.54) is 11.1 Å². The number of nitriles is 1. The van der Waals surface area contributed by atoms with Crippen molar-refractivity contribution in [3.63, 3.8) is 0 Å². The Morgan fingerprint density at radius 3 is 2.65 bits per heavy atom. The fourth-order valence-electron chi connectivity index (χ4n) is 3.77. The van der Waals surface area contributed by atoms with Crippen molar-refractivity contribution in [3.05, 3.63) is 34.9 Å². The summed E-state index contributed by atoms with van der Waals surface area (Å²) in [5.74, 6) is 0. The van der Waals surface area contributed by atoms with E-state index in [9.17, 15) is 9.47 Å². The largest absolute Gasteiger partial charge is 0.317 e. The van der Waals surface area contributed by atoms with E-state index in [1.807, 2.05) is 32.9 Å². The molecular weight excluding hydrogens is 306 g/mol. The van der Waals surface area contributed by atoms with Crippen molar-refractivity contribution in [1.29, 1.82) is 5.26 Å². The van der Waals surface area contributed by atoms with Crippen molar-refractivity contribution in [3.8, 4) is 6.07 Å². The van der Waals surface area contributed by atoms with Gasteiger partial charge in [-0.15, -0.1) is 0 Å². The lowest BCUT2D eigenvalue weighted by Crippen LogP contribution is -2.46. The molecule has 1 aliphatic heterocycles. The lowest BCUT2D eigenvalue weighted by Gasteiger charge is -2.40. The summed E-state index contributed by atoms with van der Waals surface area (Å²) < 4.78 is 15.9. The smallest absolute Gasteiger partial charge is 0.0991 e. The summed E-state index contributed by atoms with van der Waals surface area (Å²) in [6.45, 7) is 7.98. The summed E-state index contributed by atoms with van der Waals surface area (Å²) in [5, 5.41) is 12.7. The molecule has 1 heterocycles. The zero-order valence-corrected chi connectivity index (χ0v) is 14.9. The van der Waals surface area contributed by atoms with E-state index in [-0.39, 0.29) is 16.2 Å². The molecule has 124 valence electrons. The van der Waals surface area contributed by atoms with Crippen LogP contribution in [0.2, 0.25) is 0 Å². The molecule has 5 heteroatoms. The van der Waals surface area contributed by atoms with Crippen LogP contribution in [0.5, 0.6) is 0 Å². The number of rotatable bonds is 2. The van der Waals surface area contributed by atoms with Gasteiger partial charge in [0.1, 0.15) is 0 Å². The topological polar surface area (TPSA) is 64.9 Å². The highest BCUT2D eigenvalue weighted by atomic mass is 32.2. The second kappa shape index (κ2) is 6.01. The van der Waals surface area contributed by atoms with Crippen molar-refractivity contribution in [1.82, 2.24) is 10.0 Å². The number of nitrogens with zero attached hydrogens (tertiary/aromatic N) is 1. The first-order valence-corrected chi connectivity index (χ1v) is 9.42. The van der Waals surface area contributed by atoms with Crippen LogP contribution in [-0.4, -0.2) is 22.0 Å². The number of hydrogen-bond acceptors (Lipinski definition) is 3. The highest BCUT2D eigenvalue weighted by Crippen LogP contribution is 2.51. The van der Waals surface area contributed by atoms with Gasteiger partial charge in [-0.2, -0.15) is 5.26 Å². The first-order chi connectivity index (χ1) is 10.9. The number of piperidine rings is 1. The Morgan fingerprint density at radius 2 is 2.04 bits per heavy atom. The average molecular weight is 331 g/mol. The zero-order valence-electron chi connectivity index (χ0n) is 14.1. The lowest BCUT2D eigenvalue weighted by molar-refractivity contribution is 0.164. The second-order valence-corrected chi connectivity index (χ2v) is 9.74. The van der Waals surface area contributed by atoms with E-state index in [2.05, 4.69) is 22.2 Å². The molecule has 1 aromatic carbocycles. The van der Waals surface area contributed by atoms with Gasteiger partial charge in [0, 0.05) is 0 Å². The summed E-state index contributed by atoms with van der Waals surface area (Å²) in [4.78, 5) is 0. The Labute approximate surface area is 141 Å². The average Bonchev–Trinajstić information content (AvgIpc) is 2.79. The quantitative estimate of drug-likeness (QED) is 0.875. The van der Waals surface area contributed by atoms with Gasteiger partial charge in [-0.1, -0.05) is 6.07 Å². The van der Waals surface area contributed by atoms with Crippen molar-refractivity contribution < 1.29 is 4.21 Å². The highest BCUT2D eigenvalue weighted by molar-refractivity contribution is 7.84. The molecule has 3 rings (SSSR count). The third kappa shape index (κ3) is 3.08. The van der Waals surface area contributed by atoms with Gasteiger partial charge in [-0.25, -0.2) is 8.93 Å². The molecule has 0 bridgehead atoms. The van der Waals surface area contributed by atoms with Gasteiger partial charge in [0.05, 0.1) is 33.4 Å². The molecule has 1 fully saturated rings. The minimum Gasteiger partial charge on any atom is -0.317 e. The molecule has 0 amide bonds. The van der Waals surface area contributed by atoms with Crippen LogP contribution in [0.4, 0.5) is 0 Å². The first kappa shape index (κ1) is 16.6. The molecular formula is C18H25N3OS. The van der Waals surface area contributed by atoms with Crippen LogP contribution in [0.3, 0.4) is 0 Å². The summed E-state index contributed by atoms with van der Waals surface area (Å²) in [6.07, 6.45) is 3.15. The third-order valence-electron chi connectivity index (χ3n) is 5.12. The number of hydrogen-bond donors (Lipinski definition) is 2. The predicted molar refractivity (Wildman–Crippen MR) is 93.2 cm³/mol. The first-order valence-electron chi connectivity index (χ1n) is 8.27. The lowest BCUT2D eigenvalue weighted by atomic mass is 9.73. The van der Waals surface area contributed by atoms with Gasteiger partial charge in [0.25, 0.3) is 0 Å². The van der Waals surface area contributed by atoms with E-state index in [0.717, 1.165) is 32.4 Å². The van der Waals surface area contributed by atoms with E-state index in [0.29, 0.717) is 5.56 Å². The Kier molecular flexibility index (Phi) is 4.35. The highest BCUT2D eigenvalue weighted by Gasteiger charge is 2.47. The number of nitrogens with one attached hydrogen (secondary N) is 2. The molecule has 2 atom stereocenters. The Morgan fingerprint density at radius 1 is 1.35 bits per heavy atom. The second-order valence-electron chi connectivity index (χ2n) is 7.75. The van der Waals surface area contributed by atoms with Gasteiger partial charge in [-0.3, -0.25) is 0 Å². The van der Waals surface area contributed by atoms with Crippen LogP contribution in [-0.2, 0) is 17.4 Å². The molecule has 1 saturated heterocycles. The van der Waals surface area contributed by atoms with Crippen LogP contribution < -0.4 is 10.0 Å². The maximum absolute atomic E-state index is 12.7. The van der Waals surface area contributed by atoms with Crippen LogP contribution in [0.25, 0.3) is 0 Å². The number of fused-ring (bicyclic) bond motifs is 1. The SMILES string of the molecule is CC(C)(C)[S@@](=O)N[C@@H]1c2cc(C#N)ccc2CC12CCNCC2. The zero-order chi connectivity index (χ0) is 16.7. The molecule has 2 aliphatic rings. The van der Waals surface area contributed by atoms with E-state index in [1.54, 1.807) is 0 Å². The summed E-state index contributed by atoms with van der Waals surface area (Å²) >= 11 is 0. The van der Waals surface area contributed by atoms with Gasteiger partial charge in [0.15, 0.2) is 0 Å². The van der Waals surface area contributed by atoms with Crippen molar-refractivity contribution >= 4 is 11.0 Å². The molecule has 4 nitrogen and oxygen atoms in total. The molecule has 0 saturated carbocycles. The summed E-state index contributed by atoms with van der Waals surface area (Å²) in [7, 11) is -1.12. The Bertz CT molecular complexity index is 666. The van der Waals surface area contributed by atoms with Gasteiger partial charge >= 0.3 is 0 Å². The number of benzene rings is 1. The fraction of sp³-hybridized carbons (Fsp3) is 0.611. The van der Waals surface area contributed by atoms with Crippen LogP contribution in [0, 0.1) is 16.7 Å². The molecule has 2 N–H and O–H groups in total. The standard InChI is InChI=1S/C18H25N3OS/c1-17(2,3)23(22)21-16-15-10-13(12-19)4-5-14(15)11-18(16)6-8-20-9-7-18/h4-5,10,16,20-21H,6-9,11H2,1-3H3/t16-,23-/m1/s1. The van der Waals surface area contributed by atoms with Gasteiger partial charge < -0.3 is 5.32 Å². The molecule has 0 aromatic heterocycles. The van der Waals surface area contributed by atoms with Crippen molar-refractivity contribution in [2.75, 3.05) is 13.1 Å². The van der Waals surface area contributed by atoms with E-state index >= 15 is 0 Å². The molecule has 0 unspecified atom stereocenters. The van der Waals surface area contributed by atoms with Crippen LogP contribution in [0.15, 0.2) is 18.2 Å². The summed E-state index contributed by atoms with van der Waals surface area (Å²) in [5.41, 5.74) is 3.27. The fourth-order valence-corrected chi connectivity index (χ4v) is 4.71. The molecule has 1 aromatic rings. The molecule has 23 heavy (non-hydrogen) atoms. The third-order valence-corrected chi connectivity index (χ3v) is 6.68. The minimum absolute atomic E-state index is 0.0629. The van der Waals surface area contributed by atoms with E-state index < -0.39 is 11.0 Å². The maximum atomic E-state index is 12.7. The predicted octanol–water partition coefficient (Wildman–Crippen LogP) is 2.58. The van der Waals surface area contributed by atoms with E-state index in [4.69, 9.17) is 0 Å². The van der Waals surface area contributed by atoms with Gasteiger partial charge in [-0.05, 0) is 81.8 Å². The molecule has 0 radical (unpaired) electrons. The van der Waals surface area contributed by atoms with Crippen LogP contribution >= 0.6 is 0 Å². The maximum Gasteiger partial charge on any atom is 0.0991 e. The molecule has 1 aliphatic carbocycles. The molecule has 1 spiro atoms. The van der Waals surface area contributed by atoms with Crippen molar-refractivity contribution in [2.24, 2.45) is 5.41 Å². The Balaban J connectivity index is 2.00. The van der Waals surface area contributed by atoms with Crippen LogP contribution in [0.1, 0.15) is 56.3 Å². The normalized spacial score (nSPS) is 24.2. The monoisotopic (exact) mass is 331 g/mol. The summed E-state index contributed by atoms with van der Waals surface area (Å²) in [6, 6.07) is 8.27. The Hall–Kier alpha value is -1.22. The minimum atomic E-state index is -1.12. The van der Waals surface area contributed by atoms with Gasteiger partial charge in [0.2, 0.25) is 0 Å².